The summed E-state index contributed by atoms with van der Waals surface area (Å²) in [6, 6.07) is 21.1. The summed E-state index contributed by atoms with van der Waals surface area (Å²) in [5, 5.41) is 0. The molecular weight excluding hydrogens is 257 g/mol. The molecule has 0 aliphatic carbocycles. The van der Waals surface area contributed by atoms with Gasteiger partial charge in [0, 0.05) is 18.4 Å². The minimum absolute atomic E-state index is 0.318. The van der Waals surface area contributed by atoms with E-state index in [0.717, 1.165) is 6.67 Å². The summed E-state index contributed by atoms with van der Waals surface area (Å²) >= 11 is 0. The maximum absolute atomic E-state index is 2.40. The van der Waals surface area contributed by atoms with Crippen LogP contribution in [0.2, 0.25) is 6.82 Å². The van der Waals surface area contributed by atoms with Gasteiger partial charge in [-0.25, -0.2) is 0 Å². The Labute approximate surface area is 128 Å². The molecule has 0 saturated carbocycles. The molecule has 0 spiro atoms. The third-order valence-corrected chi connectivity index (χ3v) is 3.85. The van der Waals surface area contributed by atoms with Crippen molar-refractivity contribution in [1.82, 2.24) is 4.81 Å². The molecule has 0 heterocycles. The van der Waals surface area contributed by atoms with Crippen LogP contribution in [0.25, 0.3) is 0 Å². The Hall–Kier alpha value is -1.94. The predicted octanol–water partition coefficient (Wildman–Crippen LogP) is 3.27. The molecule has 0 aliphatic heterocycles. The van der Waals surface area contributed by atoms with E-state index in [4.69, 9.17) is 0 Å². The monoisotopic (exact) mass is 281 g/mol. The van der Waals surface area contributed by atoms with Gasteiger partial charge in [-0.05, 0) is 45.2 Å². The molecule has 0 unspecified atom stereocenters. The third kappa shape index (κ3) is 4.02. The van der Waals surface area contributed by atoms with Crippen LogP contribution in [-0.2, 0) is 0 Å². The van der Waals surface area contributed by atoms with E-state index in [1.165, 1.54) is 11.4 Å². The fraction of sp³-hybridized carbons (Fsp3) is 0.294. The number of nitrogens with zero attached hydrogens (tertiary/aromatic N) is 3. The highest BCUT2D eigenvalue weighted by atomic mass is 15.3. The molecule has 0 fully saturated rings. The Morgan fingerprint density at radius 3 is 1.71 bits per heavy atom. The van der Waals surface area contributed by atoms with Gasteiger partial charge < -0.3 is 14.5 Å². The van der Waals surface area contributed by atoms with Crippen molar-refractivity contribution >= 4 is 18.4 Å². The molecule has 2 aromatic carbocycles. The van der Waals surface area contributed by atoms with Gasteiger partial charge in [-0.1, -0.05) is 36.4 Å². The minimum atomic E-state index is 0.318. The Morgan fingerprint density at radius 1 is 0.762 bits per heavy atom. The molecule has 0 saturated heterocycles. The van der Waals surface area contributed by atoms with E-state index < -0.39 is 0 Å². The maximum Gasteiger partial charge on any atom is 0.340 e. The molecule has 0 amide bonds. The van der Waals surface area contributed by atoms with Crippen molar-refractivity contribution in [2.24, 2.45) is 0 Å². The van der Waals surface area contributed by atoms with E-state index in [9.17, 15) is 0 Å². The van der Waals surface area contributed by atoms with Gasteiger partial charge in [0.05, 0.1) is 6.67 Å². The molecule has 0 radical (unpaired) electrons. The van der Waals surface area contributed by atoms with Gasteiger partial charge in [0.15, 0.2) is 0 Å². The van der Waals surface area contributed by atoms with Gasteiger partial charge in [0.1, 0.15) is 0 Å². The van der Waals surface area contributed by atoms with Crippen LogP contribution in [0.5, 0.6) is 0 Å². The molecule has 4 heteroatoms. The lowest BCUT2D eigenvalue weighted by atomic mass is 9.75. The number of hydrogen-bond donors (Lipinski definition) is 0. The molecular formula is C17H24BN3. The highest BCUT2D eigenvalue weighted by molar-refractivity contribution is 6.58. The molecule has 0 aliphatic rings. The average molecular weight is 281 g/mol. The zero-order valence-electron chi connectivity index (χ0n) is 13.4. The van der Waals surface area contributed by atoms with Crippen LogP contribution < -0.4 is 9.71 Å². The summed E-state index contributed by atoms with van der Waals surface area (Å²) in [5.74, 6) is 0. The molecule has 2 rings (SSSR count). The zero-order chi connectivity index (χ0) is 15.2. The molecule has 0 N–H and O–H groups in total. The van der Waals surface area contributed by atoms with Crippen molar-refractivity contribution in [3.63, 3.8) is 0 Å². The summed E-state index contributed by atoms with van der Waals surface area (Å²) < 4.78 is 0. The van der Waals surface area contributed by atoms with Crippen LogP contribution >= 0.6 is 0 Å². The molecule has 0 aromatic heterocycles. The average Bonchev–Trinajstić information content (AvgIpc) is 2.53. The second-order valence-electron chi connectivity index (χ2n) is 5.58. The fourth-order valence-corrected chi connectivity index (χ4v) is 2.31. The molecule has 21 heavy (non-hydrogen) atoms. The zero-order valence-corrected chi connectivity index (χ0v) is 13.4. The van der Waals surface area contributed by atoms with Gasteiger partial charge in [-0.2, -0.15) is 0 Å². The molecule has 110 valence electrons. The Balaban J connectivity index is 2.20. The predicted molar refractivity (Wildman–Crippen MR) is 93.9 cm³/mol. The largest absolute Gasteiger partial charge is 0.384 e. The number of para-hydroxylation sites is 2. The van der Waals surface area contributed by atoms with Crippen molar-refractivity contribution in [3.8, 4) is 0 Å². The Bertz CT molecular complexity index is 530. The van der Waals surface area contributed by atoms with Crippen molar-refractivity contribution in [2.75, 3.05) is 37.5 Å². The molecule has 0 atom stereocenters. The van der Waals surface area contributed by atoms with Crippen LogP contribution in [0.4, 0.5) is 11.4 Å². The number of rotatable bonds is 6. The highest BCUT2D eigenvalue weighted by Gasteiger charge is 2.22. The highest BCUT2D eigenvalue weighted by Crippen LogP contribution is 2.19. The number of hydrogen-bond acceptors (Lipinski definition) is 3. The lowest BCUT2D eigenvalue weighted by molar-refractivity contribution is 0.631. The van der Waals surface area contributed by atoms with Crippen LogP contribution in [0.3, 0.4) is 0 Å². The van der Waals surface area contributed by atoms with E-state index in [-0.39, 0.29) is 0 Å². The first-order valence-electron chi connectivity index (χ1n) is 7.34. The molecule has 0 bridgehead atoms. The van der Waals surface area contributed by atoms with Crippen LogP contribution in [-0.4, -0.2) is 39.6 Å². The van der Waals surface area contributed by atoms with Crippen molar-refractivity contribution in [2.45, 2.75) is 6.82 Å². The van der Waals surface area contributed by atoms with Gasteiger partial charge in [-0.15, -0.1) is 0 Å². The Kier molecular flexibility index (Phi) is 5.29. The first-order valence-corrected chi connectivity index (χ1v) is 7.34. The standard InChI is InChI=1S/C17H24BN3/c1-18(19(2)3)21(17-13-9-6-10-14-17)15-20(4)16-11-7-5-8-12-16/h5-14H,15H2,1-4H3. The topological polar surface area (TPSA) is 9.72 Å². The SMILES string of the molecule is CB(N(C)C)N(CN(C)c1ccccc1)c1ccccc1. The summed E-state index contributed by atoms with van der Waals surface area (Å²) in [6.45, 7) is 3.39. The first-order chi connectivity index (χ1) is 10.1. The van der Waals surface area contributed by atoms with Gasteiger partial charge in [0.25, 0.3) is 0 Å². The van der Waals surface area contributed by atoms with Crippen LogP contribution in [0.15, 0.2) is 60.7 Å². The number of anilines is 2. The lowest BCUT2D eigenvalue weighted by Crippen LogP contribution is -2.51. The normalized spacial score (nSPS) is 10.5. The van der Waals surface area contributed by atoms with E-state index in [1.54, 1.807) is 0 Å². The van der Waals surface area contributed by atoms with Gasteiger partial charge in [-0.3, -0.25) is 0 Å². The van der Waals surface area contributed by atoms with Gasteiger partial charge >= 0.3 is 6.98 Å². The molecule has 3 nitrogen and oxygen atoms in total. The third-order valence-electron chi connectivity index (χ3n) is 3.85. The fourth-order valence-electron chi connectivity index (χ4n) is 2.31. The summed E-state index contributed by atoms with van der Waals surface area (Å²) in [4.78, 5) is 6.89. The Morgan fingerprint density at radius 2 is 1.24 bits per heavy atom. The van der Waals surface area contributed by atoms with Crippen LogP contribution in [0.1, 0.15) is 0 Å². The van der Waals surface area contributed by atoms with E-state index >= 15 is 0 Å². The van der Waals surface area contributed by atoms with Crippen molar-refractivity contribution in [1.29, 1.82) is 0 Å². The second kappa shape index (κ2) is 7.18. The summed E-state index contributed by atoms with van der Waals surface area (Å²) in [6.07, 6.45) is 0. The summed E-state index contributed by atoms with van der Waals surface area (Å²) in [7, 11) is 6.36. The maximum atomic E-state index is 2.40. The van der Waals surface area contributed by atoms with E-state index in [2.05, 4.69) is 103 Å². The van der Waals surface area contributed by atoms with Crippen LogP contribution in [0, 0.1) is 0 Å². The summed E-state index contributed by atoms with van der Waals surface area (Å²) in [5.41, 5.74) is 2.46. The van der Waals surface area contributed by atoms with Gasteiger partial charge in [0.2, 0.25) is 0 Å². The minimum Gasteiger partial charge on any atom is -0.384 e. The van der Waals surface area contributed by atoms with Crippen molar-refractivity contribution in [3.05, 3.63) is 60.7 Å². The lowest BCUT2D eigenvalue weighted by Gasteiger charge is -2.36. The van der Waals surface area contributed by atoms with E-state index in [0.29, 0.717) is 6.98 Å². The second-order valence-corrected chi connectivity index (χ2v) is 5.58. The molecule has 2 aromatic rings. The smallest absolute Gasteiger partial charge is 0.340 e. The first kappa shape index (κ1) is 15.5. The quantitative estimate of drug-likeness (QED) is 0.594. The number of benzene rings is 2. The van der Waals surface area contributed by atoms with Crippen molar-refractivity contribution < 1.29 is 0 Å². The van der Waals surface area contributed by atoms with E-state index in [1.807, 2.05) is 0 Å².